The molecule has 0 aromatic heterocycles. The van der Waals surface area contributed by atoms with Gasteiger partial charge in [0.05, 0.1) is 17.9 Å². The summed E-state index contributed by atoms with van der Waals surface area (Å²) in [5.74, 6) is -0.897. The number of aromatic carboxylic acids is 1. The van der Waals surface area contributed by atoms with Crippen molar-refractivity contribution < 1.29 is 19.4 Å². The highest BCUT2D eigenvalue weighted by Crippen LogP contribution is 2.18. The second-order valence-electron chi connectivity index (χ2n) is 5.92. The fraction of sp³-hybridized carbons (Fsp3) is 0.0909. The molecule has 136 valence electrons. The van der Waals surface area contributed by atoms with E-state index in [2.05, 4.69) is 5.32 Å². The highest BCUT2D eigenvalue weighted by atomic mass is 16.5. The molecule has 1 amide bonds. The molecule has 0 unspecified atom stereocenters. The van der Waals surface area contributed by atoms with Crippen LogP contribution < -0.4 is 10.1 Å². The third-order valence-corrected chi connectivity index (χ3v) is 4.00. The van der Waals surface area contributed by atoms with E-state index >= 15 is 0 Å². The van der Waals surface area contributed by atoms with Crippen molar-refractivity contribution in [2.45, 2.75) is 6.42 Å². The van der Waals surface area contributed by atoms with Gasteiger partial charge in [-0.25, -0.2) is 4.79 Å². The minimum atomic E-state index is -1.09. The molecular weight excluding hydrogens is 342 g/mol. The van der Waals surface area contributed by atoms with Gasteiger partial charge < -0.3 is 15.2 Å². The molecule has 0 aliphatic rings. The molecule has 0 saturated carbocycles. The van der Waals surface area contributed by atoms with Gasteiger partial charge >= 0.3 is 5.97 Å². The molecule has 5 nitrogen and oxygen atoms in total. The van der Waals surface area contributed by atoms with Crippen LogP contribution in [-0.4, -0.2) is 23.6 Å². The maximum atomic E-state index is 12.5. The van der Waals surface area contributed by atoms with Crippen molar-refractivity contribution in [3.05, 3.63) is 95.6 Å². The minimum absolute atomic E-state index is 0.0427. The molecule has 3 aromatic carbocycles. The van der Waals surface area contributed by atoms with Crippen LogP contribution in [0.15, 0.2) is 78.9 Å². The number of carbonyl (C=O) groups is 2. The van der Waals surface area contributed by atoms with Crippen LogP contribution in [0.4, 0.5) is 5.69 Å². The molecule has 0 saturated heterocycles. The van der Waals surface area contributed by atoms with Crippen molar-refractivity contribution in [3.8, 4) is 5.75 Å². The maximum absolute atomic E-state index is 12.5. The van der Waals surface area contributed by atoms with Crippen LogP contribution in [0.5, 0.6) is 5.75 Å². The average Bonchev–Trinajstić information content (AvgIpc) is 2.69. The number of rotatable bonds is 7. The number of carboxylic acid groups (broad SMARTS) is 1. The van der Waals surface area contributed by atoms with Crippen LogP contribution in [0.1, 0.15) is 26.3 Å². The molecule has 0 fully saturated rings. The van der Waals surface area contributed by atoms with Crippen LogP contribution in [0, 0.1) is 0 Å². The van der Waals surface area contributed by atoms with E-state index in [9.17, 15) is 14.7 Å². The third kappa shape index (κ3) is 4.95. The monoisotopic (exact) mass is 361 g/mol. The summed E-state index contributed by atoms with van der Waals surface area (Å²) in [5, 5.41) is 11.9. The van der Waals surface area contributed by atoms with Crippen molar-refractivity contribution in [1.82, 2.24) is 0 Å². The molecule has 0 aliphatic carbocycles. The minimum Gasteiger partial charge on any atom is -0.493 e. The highest BCUT2D eigenvalue weighted by molar-refractivity contribution is 6.07. The van der Waals surface area contributed by atoms with E-state index in [4.69, 9.17) is 4.74 Å². The zero-order valence-corrected chi connectivity index (χ0v) is 14.6. The molecule has 27 heavy (non-hydrogen) atoms. The maximum Gasteiger partial charge on any atom is 0.337 e. The lowest BCUT2D eigenvalue weighted by molar-refractivity contribution is 0.0698. The predicted molar refractivity (Wildman–Crippen MR) is 103 cm³/mol. The summed E-state index contributed by atoms with van der Waals surface area (Å²) in [7, 11) is 0. The van der Waals surface area contributed by atoms with E-state index in [-0.39, 0.29) is 11.3 Å². The van der Waals surface area contributed by atoms with Gasteiger partial charge in [-0.2, -0.15) is 0 Å². The second kappa shape index (κ2) is 8.67. The van der Waals surface area contributed by atoms with Gasteiger partial charge in [0.15, 0.2) is 0 Å². The van der Waals surface area contributed by atoms with Crippen LogP contribution in [0.25, 0.3) is 0 Å². The molecule has 3 aromatic rings. The van der Waals surface area contributed by atoms with Crippen molar-refractivity contribution >= 4 is 17.6 Å². The Bertz CT molecular complexity index is 938. The lowest BCUT2D eigenvalue weighted by Crippen LogP contribution is -2.15. The summed E-state index contributed by atoms with van der Waals surface area (Å²) in [6.45, 7) is 0.497. The van der Waals surface area contributed by atoms with Crippen LogP contribution >= 0.6 is 0 Å². The second-order valence-corrected chi connectivity index (χ2v) is 5.92. The molecule has 0 heterocycles. The molecule has 0 radical (unpaired) electrons. The first kappa shape index (κ1) is 18.2. The average molecular weight is 361 g/mol. The normalized spacial score (nSPS) is 10.2. The summed E-state index contributed by atoms with van der Waals surface area (Å²) < 4.78 is 5.74. The zero-order valence-electron chi connectivity index (χ0n) is 14.6. The molecule has 5 heteroatoms. The fourth-order valence-corrected chi connectivity index (χ4v) is 2.63. The first-order chi connectivity index (χ1) is 13.1. The smallest absolute Gasteiger partial charge is 0.337 e. The number of amides is 1. The first-order valence-electron chi connectivity index (χ1n) is 8.54. The van der Waals surface area contributed by atoms with Gasteiger partial charge in [-0.15, -0.1) is 0 Å². The Balaban J connectivity index is 1.64. The van der Waals surface area contributed by atoms with Crippen molar-refractivity contribution in [3.63, 3.8) is 0 Å². The Kier molecular flexibility index (Phi) is 5.84. The van der Waals surface area contributed by atoms with E-state index < -0.39 is 11.9 Å². The van der Waals surface area contributed by atoms with E-state index in [1.165, 1.54) is 11.6 Å². The Morgan fingerprint density at radius 1 is 0.889 bits per heavy atom. The van der Waals surface area contributed by atoms with Gasteiger partial charge in [-0.3, -0.25) is 4.79 Å². The molecule has 0 aliphatic heterocycles. The van der Waals surface area contributed by atoms with Gasteiger partial charge in [0.2, 0.25) is 0 Å². The summed E-state index contributed by atoms with van der Waals surface area (Å²) >= 11 is 0. The number of carbonyl (C=O) groups excluding carboxylic acids is 1. The van der Waals surface area contributed by atoms with Crippen LogP contribution in [0.3, 0.4) is 0 Å². The van der Waals surface area contributed by atoms with Crippen molar-refractivity contribution in [2.24, 2.45) is 0 Å². The van der Waals surface area contributed by atoms with Crippen molar-refractivity contribution in [1.29, 1.82) is 0 Å². The quantitative estimate of drug-likeness (QED) is 0.659. The van der Waals surface area contributed by atoms with Crippen LogP contribution in [0.2, 0.25) is 0 Å². The summed E-state index contributed by atoms with van der Waals surface area (Å²) in [4.78, 5) is 23.7. The Morgan fingerprint density at radius 3 is 2.41 bits per heavy atom. The standard InChI is InChI=1S/C22H19NO4/c24-21(23-20-12-5-4-11-19(20)22(25)26)17-9-6-10-18(15-17)27-14-13-16-7-2-1-3-8-16/h1-12,15H,13-14H2,(H,23,24)(H,25,26). The largest absolute Gasteiger partial charge is 0.493 e. The topological polar surface area (TPSA) is 75.6 Å². The van der Waals surface area contributed by atoms with Gasteiger partial charge in [0.1, 0.15) is 5.75 Å². The summed E-state index contributed by atoms with van der Waals surface area (Å²) in [6, 6.07) is 23.1. The number of hydrogen-bond donors (Lipinski definition) is 2. The SMILES string of the molecule is O=C(Nc1ccccc1C(=O)O)c1cccc(OCCc2ccccc2)c1. The zero-order chi connectivity index (χ0) is 19.1. The number of carboxylic acids is 1. The molecule has 0 bridgehead atoms. The summed E-state index contributed by atoms with van der Waals surface area (Å²) in [5.41, 5.74) is 1.87. The highest BCUT2D eigenvalue weighted by Gasteiger charge is 2.13. The number of ether oxygens (including phenoxy) is 1. The Labute approximate surface area is 157 Å². The number of para-hydroxylation sites is 1. The molecular formula is C22H19NO4. The van der Waals surface area contributed by atoms with Gasteiger partial charge in [0, 0.05) is 12.0 Å². The number of benzene rings is 3. The number of anilines is 1. The van der Waals surface area contributed by atoms with Gasteiger partial charge in [-0.05, 0) is 35.9 Å². The van der Waals surface area contributed by atoms with E-state index in [1.54, 1.807) is 42.5 Å². The Morgan fingerprint density at radius 2 is 1.63 bits per heavy atom. The van der Waals surface area contributed by atoms with Crippen molar-refractivity contribution in [2.75, 3.05) is 11.9 Å². The lowest BCUT2D eigenvalue weighted by atomic mass is 10.1. The number of nitrogens with one attached hydrogen (secondary N) is 1. The van der Waals surface area contributed by atoms with E-state index in [0.717, 1.165) is 6.42 Å². The Hall–Kier alpha value is -3.60. The van der Waals surface area contributed by atoms with Gasteiger partial charge in [0.25, 0.3) is 5.91 Å². The van der Waals surface area contributed by atoms with Crippen LogP contribution in [-0.2, 0) is 6.42 Å². The molecule has 0 spiro atoms. The fourth-order valence-electron chi connectivity index (χ4n) is 2.63. The van der Waals surface area contributed by atoms with E-state index in [1.807, 2.05) is 30.3 Å². The lowest BCUT2D eigenvalue weighted by Gasteiger charge is -2.10. The molecule has 3 rings (SSSR count). The third-order valence-electron chi connectivity index (χ3n) is 4.00. The molecule has 0 atom stereocenters. The summed E-state index contributed by atoms with van der Waals surface area (Å²) in [6.07, 6.45) is 0.767. The van der Waals surface area contributed by atoms with E-state index in [0.29, 0.717) is 17.9 Å². The number of hydrogen-bond acceptors (Lipinski definition) is 3. The van der Waals surface area contributed by atoms with Gasteiger partial charge in [-0.1, -0.05) is 48.5 Å². The molecule has 2 N–H and O–H groups in total. The first-order valence-corrected chi connectivity index (χ1v) is 8.54. The predicted octanol–water partition coefficient (Wildman–Crippen LogP) is 4.26.